The van der Waals surface area contributed by atoms with Crippen molar-refractivity contribution in [3.63, 3.8) is 0 Å². The molecule has 0 aromatic rings. The molecule has 0 aliphatic heterocycles. The molecular weight excluding hydrogens is 160 g/mol. The number of quaternary nitrogens is 1. The van der Waals surface area contributed by atoms with Crippen molar-refractivity contribution in [1.82, 2.24) is 5.01 Å². The molecule has 0 bridgehead atoms. The molecule has 0 radical (unpaired) electrons. The summed E-state index contributed by atoms with van der Waals surface area (Å²) < 4.78 is 0. The van der Waals surface area contributed by atoms with Crippen LogP contribution in [0.5, 0.6) is 0 Å². The summed E-state index contributed by atoms with van der Waals surface area (Å²) in [5.41, 5.74) is 0. The van der Waals surface area contributed by atoms with E-state index in [1.165, 1.54) is 19.5 Å². The molecule has 2 nitrogen and oxygen atoms in total. The second-order valence-electron chi connectivity index (χ2n) is 4.26. The molecule has 2 heteroatoms. The number of rotatable bonds is 6. The van der Waals surface area contributed by atoms with Gasteiger partial charge in [-0.2, -0.15) is 5.01 Å². The Labute approximate surface area is 83.9 Å². The fourth-order valence-electron chi connectivity index (χ4n) is 2.10. The van der Waals surface area contributed by atoms with Crippen molar-refractivity contribution in [2.75, 3.05) is 13.1 Å². The Hall–Kier alpha value is -0.0800. The molecule has 80 valence electrons. The van der Waals surface area contributed by atoms with Crippen molar-refractivity contribution < 1.29 is 5.01 Å². The van der Waals surface area contributed by atoms with Gasteiger partial charge in [0.15, 0.2) is 0 Å². The molecule has 0 saturated heterocycles. The zero-order chi connectivity index (χ0) is 10.4. The third kappa shape index (κ3) is 4.10. The van der Waals surface area contributed by atoms with Gasteiger partial charge in [0.25, 0.3) is 0 Å². The number of nitrogens with zero attached hydrogens (tertiary/aromatic N) is 1. The van der Waals surface area contributed by atoms with Gasteiger partial charge in [-0.15, -0.1) is 0 Å². The van der Waals surface area contributed by atoms with Gasteiger partial charge in [-0.25, -0.2) is 0 Å². The molecule has 0 saturated carbocycles. The summed E-state index contributed by atoms with van der Waals surface area (Å²) in [6.45, 7) is 16.1. The van der Waals surface area contributed by atoms with Gasteiger partial charge in [0.05, 0.1) is 25.2 Å². The monoisotopic (exact) mass is 187 g/mol. The molecule has 0 spiro atoms. The second kappa shape index (κ2) is 6.39. The lowest BCUT2D eigenvalue weighted by Crippen LogP contribution is -3.19. The molecule has 0 aromatic heterocycles. The SMILES string of the molecule is CCC[NH+](CC)N(C(C)C)C(C)C. The summed E-state index contributed by atoms with van der Waals surface area (Å²) in [7, 11) is 0. The fourth-order valence-corrected chi connectivity index (χ4v) is 2.10. The first-order chi connectivity index (χ1) is 6.04. The number of nitrogens with one attached hydrogen (secondary N) is 1. The van der Waals surface area contributed by atoms with Crippen molar-refractivity contribution >= 4 is 0 Å². The Morgan fingerprint density at radius 1 is 1.00 bits per heavy atom. The van der Waals surface area contributed by atoms with Gasteiger partial charge >= 0.3 is 0 Å². The van der Waals surface area contributed by atoms with Gasteiger partial charge < -0.3 is 0 Å². The molecule has 0 fully saturated rings. The average Bonchev–Trinajstić information content (AvgIpc) is 2.02. The minimum Gasteiger partial charge on any atom is -0.255 e. The lowest BCUT2D eigenvalue weighted by atomic mass is 10.3. The predicted octanol–water partition coefficient (Wildman–Crippen LogP) is 1.33. The van der Waals surface area contributed by atoms with E-state index in [1.54, 1.807) is 5.01 Å². The first kappa shape index (κ1) is 12.9. The van der Waals surface area contributed by atoms with Crippen molar-refractivity contribution in [2.45, 2.75) is 60.0 Å². The smallest absolute Gasteiger partial charge is 0.0945 e. The van der Waals surface area contributed by atoms with E-state index in [-0.39, 0.29) is 0 Å². The van der Waals surface area contributed by atoms with Crippen LogP contribution in [0.3, 0.4) is 0 Å². The Balaban J connectivity index is 4.30. The van der Waals surface area contributed by atoms with E-state index in [1.807, 2.05) is 0 Å². The van der Waals surface area contributed by atoms with Gasteiger partial charge in [0, 0.05) is 0 Å². The van der Waals surface area contributed by atoms with Crippen LogP contribution in [0.25, 0.3) is 0 Å². The highest BCUT2D eigenvalue weighted by Crippen LogP contribution is 1.96. The fraction of sp³-hybridized carbons (Fsp3) is 1.00. The Morgan fingerprint density at radius 3 is 1.69 bits per heavy atom. The maximum atomic E-state index is 2.56. The topological polar surface area (TPSA) is 7.68 Å². The largest absolute Gasteiger partial charge is 0.255 e. The van der Waals surface area contributed by atoms with Crippen molar-refractivity contribution in [1.29, 1.82) is 0 Å². The third-order valence-corrected chi connectivity index (χ3v) is 2.42. The zero-order valence-electron chi connectivity index (χ0n) is 10.2. The summed E-state index contributed by atoms with van der Waals surface area (Å²) in [6, 6.07) is 1.28. The van der Waals surface area contributed by atoms with Crippen molar-refractivity contribution in [2.24, 2.45) is 0 Å². The molecule has 13 heavy (non-hydrogen) atoms. The second-order valence-corrected chi connectivity index (χ2v) is 4.26. The van der Waals surface area contributed by atoms with E-state index in [2.05, 4.69) is 46.6 Å². The lowest BCUT2D eigenvalue weighted by Gasteiger charge is -2.36. The Morgan fingerprint density at radius 2 is 1.46 bits per heavy atom. The summed E-state index contributed by atoms with van der Waals surface area (Å²) in [4.78, 5) is 0. The van der Waals surface area contributed by atoms with E-state index in [9.17, 15) is 0 Å². The molecule has 0 heterocycles. The van der Waals surface area contributed by atoms with Crippen LogP contribution in [0.15, 0.2) is 0 Å². The quantitative estimate of drug-likeness (QED) is 0.617. The minimum absolute atomic E-state index is 0.640. The van der Waals surface area contributed by atoms with Crippen LogP contribution in [0, 0.1) is 0 Å². The van der Waals surface area contributed by atoms with Crippen LogP contribution >= 0.6 is 0 Å². The van der Waals surface area contributed by atoms with Crippen LogP contribution < -0.4 is 5.01 Å². The van der Waals surface area contributed by atoms with Gasteiger partial charge in [0.2, 0.25) is 0 Å². The first-order valence-corrected chi connectivity index (χ1v) is 5.67. The summed E-state index contributed by atoms with van der Waals surface area (Å²) in [5.74, 6) is 0. The molecule has 0 aliphatic carbocycles. The standard InChI is InChI=1S/C11H26N2/c1-7-9-12(8-2)13(10(3)4)11(5)6/h10-11H,7-9H2,1-6H3/p+1. The summed E-state index contributed by atoms with van der Waals surface area (Å²) in [6.07, 6.45) is 1.26. The van der Waals surface area contributed by atoms with Crippen LogP contribution in [-0.4, -0.2) is 30.2 Å². The van der Waals surface area contributed by atoms with Gasteiger partial charge in [0.1, 0.15) is 0 Å². The van der Waals surface area contributed by atoms with E-state index >= 15 is 0 Å². The van der Waals surface area contributed by atoms with Crippen LogP contribution in [0.1, 0.15) is 48.0 Å². The van der Waals surface area contributed by atoms with Crippen molar-refractivity contribution in [3.05, 3.63) is 0 Å². The highest BCUT2D eigenvalue weighted by Gasteiger charge is 2.23. The van der Waals surface area contributed by atoms with Gasteiger partial charge in [-0.3, -0.25) is 5.01 Å². The normalized spacial score (nSPS) is 14.5. The van der Waals surface area contributed by atoms with E-state index in [0.717, 1.165) is 0 Å². The van der Waals surface area contributed by atoms with Crippen molar-refractivity contribution in [3.8, 4) is 0 Å². The predicted molar refractivity (Wildman–Crippen MR) is 58.8 cm³/mol. The number of hydrogen-bond acceptors (Lipinski definition) is 1. The Kier molecular flexibility index (Phi) is 6.35. The average molecular weight is 187 g/mol. The molecule has 0 rings (SSSR count). The minimum atomic E-state index is 0.640. The molecule has 0 aromatic carbocycles. The maximum Gasteiger partial charge on any atom is 0.0945 e. The highest BCUT2D eigenvalue weighted by atomic mass is 15.6. The van der Waals surface area contributed by atoms with Crippen LogP contribution in [0.2, 0.25) is 0 Å². The van der Waals surface area contributed by atoms with Crippen LogP contribution in [-0.2, 0) is 0 Å². The highest BCUT2D eigenvalue weighted by molar-refractivity contribution is 4.56. The summed E-state index contributed by atoms with van der Waals surface area (Å²) in [5, 5.41) is 4.18. The van der Waals surface area contributed by atoms with Gasteiger partial charge in [-0.05, 0) is 41.0 Å². The van der Waals surface area contributed by atoms with E-state index < -0.39 is 0 Å². The van der Waals surface area contributed by atoms with Gasteiger partial charge in [-0.1, -0.05) is 6.92 Å². The molecular formula is C11H27N2+. The first-order valence-electron chi connectivity index (χ1n) is 5.67. The molecule has 1 N–H and O–H groups in total. The number of hydrogen-bond donors (Lipinski definition) is 1. The molecule has 0 amide bonds. The Bertz CT molecular complexity index is 113. The van der Waals surface area contributed by atoms with E-state index in [4.69, 9.17) is 0 Å². The van der Waals surface area contributed by atoms with E-state index in [0.29, 0.717) is 12.1 Å². The third-order valence-electron chi connectivity index (χ3n) is 2.42. The lowest BCUT2D eigenvalue weighted by molar-refractivity contribution is -1.02. The summed E-state index contributed by atoms with van der Waals surface area (Å²) >= 11 is 0. The molecule has 1 unspecified atom stereocenters. The van der Waals surface area contributed by atoms with Crippen LogP contribution in [0.4, 0.5) is 0 Å². The zero-order valence-corrected chi connectivity index (χ0v) is 10.2. The maximum absolute atomic E-state index is 2.56. The molecule has 1 atom stereocenters. The molecule has 0 aliphatic rings.